The Bertz CT molecular complexity index is 729. The molecule has 0 spiro atoms. The number of carbonyl (C=O) groups is 2. The predicted molar refractivity (Wildman–Crippen MR) is 99.6 cm³/mol. The van der Waals surface area contributed by atoms with Gasteiger partial charge in [-0.2, -0.15) is 0 Å². The molecule has 138 valence electrons. The van der Waals surface area contributed by atoms with Crippen LogP contribution in [0.4, 0.5) is 11.5 Å². The number of hydrogen-bond donors (Lipinski definition) is 1. The fraction of sp³-hybridized carbons (Fsp3) is 0.368. The van der Waals surface area contributed by atoms with E-state index in [0.717, 1.165) is 18.5 Å². The number of benzene rings is 1. The van der Waals surface area contributed by atoms with Crippen LogP contribution in [0.25, 0.3) is 0 Å². The standard InChI is InChI=1S/C19H24N4O3/c1-4-6-11-23(3)18(24)16-12-21-17(13-20-16)22-15-9-7-14(8-10-15)19(25)26-5-2/h7-10,12-13H,4-6,11H2,1-3H3,(H,21,22). The van der Waals surface area contributed by atoms with Crippen molar-refractivity contribution >= 4 is 23.4 Å². The highest BCUT2D eigenvalue weighted by molar-refractivity contribution is 5.92. The second kappa shape index (κ2) is 9.50. The third kappa shape index (κ3) is 5.27. The van der Waals surface area contributed by atoms with Crippen LogP contribution >= 0.6 is 0 Å². The summed E-state index contributed by atoms with van der Waals surface area (Å²) in [6.07, 6.45) is 4.96. The number of esters is 1. The van der Waals surface area contributed by atoms with Crippen molar-refractivity contribution in [3.8, 4) is 0 Å². The van der Waals surface area contributed by atoms with Gasteiger partial charge < -0.3 is 15.0 Å². The van der Waals surface area contributed by atoms with Crippen LogP contribution in [0.5, 0.6) is 0 Å². The molecule has 0 aliphatic carbocycles. The van der Waals surface area contributed by atoms with Crippen LogP contribution in [-0.2, 0) is 4.74 Å². The molecule has 0 saturated carbocycles. The van der Waals surface area contributed by atoms with Crippen LogP contribution in [0.15, 0.2) is 36.7 Å². The number of nitrogens with zero attached hydrogens (tertiary/aromatic N) is 3. The fourth-order valence-electron chi connectivity index (χ4n) is 2.25. The smallest absolute Gasteiger partial charge is 0.338 e. The van der Waals surface area contributed by atoms with E-state index in [1.165, 1.54) is 12.4 Å². The molecular formula is C19H24N4O3. The maximum Gasteiger partial charge on any atom is 0.338 e. The minimum absolute atomic E-state index is 0.142. The van der Waals surface area contributed by atoms with Gasteiger partial charge in [-0.25, -0.2) is 14.8 Å². The quantitative estimate of drug-likeness (QED) is 0.731. The van der Waals surface area contributed by atoms with Crippen LogP contribution in [-0.4, -0.2) is 46.9 Å². The molecule has 0 bridgehead atoms. The third-order valence-electron chi connectivity index (χ3n) is 3.73. The maximum atomic E-state index is 12.2. The Morgan fingerprint density at radius 3 is 2.42 bits per heavy atom. The number of hydrogen-bond acceptors (Lipinski definition) is 6. The molecule has 0 saturated heterocycles. The Hall–Kier alpha value is -2.96. The second-order valence-electron chi connectivity index (χ2n) is 5.79. The van der Waals surface area contributed by atoms with Gasteiger partial charge in [0, 0.05) is 19.3 Å². The van der Waals surface area contributed by atoms with Crippen molar-refractivity contribution in [1.82, 2.24) is 14.9 Å². The molecule has 0 aliphatic rings. The lowest BCUT2D eigenvalue weighted by molar-refractivity contribution is 0.0526. The van der Waals surface area contributed by atoms with Gasteiger partial charge in [-0.15, -0.1) is 0 Å². The number of aromatic nitrogens is 2. The van der Waals surface area contributed by atoms with E-state index >= 15 is 0 Å². The van der Waals surface area contributed by atoms with Crippen LogP contribution in [0.2, 0.25) is 0 Å². The first-order chi connectivity index (χ1) is 12.5. The average molecular weight is 356 g/mol. The van der Waals surface area contributed by atoms with Crippen LogP contribution in [0.1, 0.15) is 47.5 Å². The van der Waals surface area contributed by atoms with Gasteiger partial charge >= 0.3 is 5.97 Å². The van der Waals surface area contributed by atoms with Crippen molar-refractivity contribution in [3.63, 3.8) is 0 Å². The van der Waals surface area contributed by atoms with E-state index in [0.29, 0.717) is 30.2 Å². The van der Waals surface area contributed by atoms with Gasteiger partial charge in [-0.3, -0.25) is 4.79 Å². The predicted octanol–water partition coefficient (Wildman–Crippen LogP) is 3.27. The van der Waals surface area contributed by atoms with Crippen molar-refractivity contribution < 1.29 is 14.3 Å². The Morgan fingerprint density at radius 2 is 1.85 bits per heavy atom. The first-order valence-electron chi connectivity index (χ1n) is 8.66. The summed E-state index contributed by atoms with van der Waals surface area (Å²) in [6.45, 7) is 4.89. The molecule has 26 heavy (non-hydrogen) atoms. The van der Waals surface area contributed by atoms with E-state index < -0.39 is 0 Å². The lowest BCUT2D eigenvalue weighted by Crippen LogP contribution is -2.28. The number of rotatable bonds is 8. The van der Waals surface area contributed by atoms with Crippen molar-refractivity contribution in [1.29, 1.82) is 0 Å². The lowest BCUT2D eigenvalue weighted by Gasteiger charge is -2.16. The third-order valence-corrected chi connectivity index (χ3v) is 3.73. The Labute approximate surface area is 153 Å². The summed E-state index contributed by atoms with van der Waals surface area (Å²) in [5.74, 6) is 0.0202. The summed E-state index contributed by atoms with van der Waals surface area (Å²) >= 11 is 0. The zero-order valence-corrected chi connectivity index (χ0v) is 15.4. The summed E-state index contributed by atoms with van der Waals surface area (Å²) in [7, 11) is 1.76. The number of anilines is 2. The molecule has 0 aliphatic heterocycles. The highest BCUT2D eigenvalue weighted by Gasteiger charge is 2.13. The van der Waals surface area contributed by atoms with E-state index in [2.05, 4.69) is 22.2 Å². The van der Waals surface area contributed by atoms with Gasteiger partial charge in [-0.1, -0.05) is 13.3 Å². The minimum Gasteiger partial charge on any atom is -0.462 e. The first kappa shape index (κ1) is 19.4. The van der Waals surface area contributed by atoms with E-state index in [1.54, 1.807) is 43.1 Å². The molecule has 1 N–H and O–H groups in total. The zero-order valence-electron chi connectivity index (χ0n) is 15.4. The lowest BCUT2D eigenvalue weighted by atomic mass is 10.2. The Balaban J connectivity index is 1.98. The zero-order chi connectivity index (χ0) is 18.9. The van der Waals surface area contributed by atoms with Crippen molar-refractivity contribution in [3.05, 3.63) is 47.9 Å². The van der Waals surface area contributed by atoms with Gasteiger partial charge in [0.2, 0.25) is 0 Å². The van der Waals surface area contributed by atoms with E-state index in [9.17, 15) is 9.59 Å². The summed E-state index contributed by atoms with van der Waals surface area (Å²) in [4.78, 5) is 33.9. The molecule has 0 radical (unpaired) electrons. The molecule has 7 nitrogen and oxygen atoms in total. The number of carbonyl (C=O) groups excluding carboxylic acids is 2. The van der Waals surface area contributed by atoms with Gasteiger partial charge in [0.1, 0.15) is 11.5 Å². The van der Waals surface area contributed by atoms with Crippen molar-refractivity contribution in [2.75, 3.05) is 25.5 Å². The summed E-state index contributed by atoms with van der Waals surface area (Å²) < 4.78 is 4.95. The van der Waals surface area contributed by atoms with Gasteiger partial charge in [-0.05, 0) is 37.6 Å². The second-order valence-corrected chi connectivity index (χ2v) is 5.79. The molecule has 1 aromatic heterocycles. The number of unbranched alkanes of at least 4 members (excludes halogenated alkanes) is 1. The van der Waals surface area contributed by atoms with Crippen molar-refractivity contribution in [2.24, 2.45) is 0 Å². The fourth-order valence-corrected chi connectivity index (χ4v) is 2.25. The first-order valence-corrected chi connectivity index (χ1v) is 8.66. The molecule has 1 amide bonds. The molecule has 1 aromatic carbocycles. The van der Waals surface area contributed by atoms with E-state index in [1.807, 2.05) is 0 Å². The highest BCUT2D eigenvalue weighted by atomic mass is 16.5. The average Bonchev–Trinajstić information content (AvgIpc) is 2.67. The summed E-state index contributed by atoms with van der Waals surface area (Å²) in [6, 6.07) is 6.86. The normalized spacial score (nSPS) is 10.3. The molecule has 0 fully saturated rings. The van der Waals surface area contributed by atoms with E-state index in [-0.39, 0.29) is 11.9 Å². The number of nitrogens with one attached hydrogen (secondary N) is 1. The molecular weight excluding hydrogens is 332 g/mol. The molecule has 0 atom stereocenters. The molecule has 2 rings (SSSR count). The van der Waals surface area contributed by atoms with Crippen molar-refractivity contribution in [2.45, 2.75) is 26.7 Å². The highest BCUT2D eigenvalue weighted by Crippen LogP contribution is 2.15. The maximum absolute atomic E-state index is 12.2. The van der Waals surface area contributed by atoms with Crippen LogP contribution in [0.3, 0.4) is 0 Å². The largest absolute Gasteiger partial charge is 0.462 e. The summed E-state index contributed by atoms with van der Waals surface area (Å²) in [5.41, 5.74) is 1.55. The SMILES string of the molecule is CCCCN(C)C(=O)c1cnc(Nc2ccc(C(=O)OCC)cc2)cn1. The van der Waals surface area contributed by atoms with Gasteiger partial charge in [0.15, 0.2) is 0 Å². The minimum atomic E-state index is -0.353. The van der Waals surface area contributed by atoms with Gasteiger partial charge in [0.25, 0.3) is 5.91 Å². The van der Waals surface area contributed by atoms with Crippen LogP contribution < -0.4 is 5.32 Å². The Morgan fingerprint density at radius 1 is 1.12 bits per heavy atom. The molecule has 7 heteroatoms. The van der Waals surface area contributed by atoms with E-state index in [4.69, 9.17) is 4.74 Å². The van der Waals surface area contributed by atoms with Gasteiger partial charge in [0.05, 0.1) is 24.6 Å². The molecule has 0 unspecified atom stereocenters. The molecule has 1 heterocycles. The van der Waals surface area contributed by atoms with Crippen LogP contribution in [0, 0.1) is 0 Å². The monoisotopic (exact) mass is 356 g/mol. The summed E-state index contributed by atoms with van der Waals surface area (Å²) in [5, 5.41) is 3.08. The molecule has 2 aromatic rings. The Kier molecular flexibility index (Phi) is 7.08. The number of ether oxygens (including phenoxy) is 1. The number of amides is 1. The topological polar surface area (TPSA) is 84.4 Å².